The van der Waals surface area contributed by atoms with Crippen LogP contribution in [0, 0.1) is 0 Å². The van der Waals surface area contributed by atoms with E-state index in [2.05, 4.69) is 64.3 Å². The Bertz CT molecular complexity index is 757. The zero-order valence-electron chi connectivity index (χ0n) is 15.1. The minimum absolute atomic E-state index is 0.267. The fourth-order valence-electron chi connectivity index (χ4n) is 3.38. The molecular weight excluding hydrogens is 449 g/mol. The van der Waals surface area contributed by atoms with Crippen molar-refractivity contribution in [1.82, 2.24) is 5.32 Å². The van der Waals surface area contributed by atoms with Gasteiger partial charge in [0.15, 0.2) is 0 Å². The second kappa shape index (κ2) is 9.15. The summed E-state index contributed by atoms with van der Waals surface area (Å²) >= 11 is 2.22. The molecule has 0 spiro atoms. The monoisotopic (exact) mass is 471 g/mol. The molecule has 0 unspecified atom stereocenters. The van der Waals surface area contributed by atoms with E-state index in [0.717, 1.165) is 16.7 Å². The van der Waals surface area contributed by atoms with Gasteiger partial charge in [-0.05, 0) is 16.7 Å². The van der Waals surface area contributed by atoms with Crippen molar-refractivity contribution < 1.29 is 9.53 Å². The van der Waals surface area contributed by atoms with Gasteiger partial charge in [0.25, 0.3) is 0 Å². The molecule has 3 nitrogen and oxygen atoms in total. The number of methoxy groups -OCH3 is 1. The lowest BCUT2D eigenvalue weighted by atomic mass is 9.76. The summed E-state index contributed by atoms with van der Waals surface area (Å²) in [5, 5.41) is 3.63. The van der Waals surface area contributed by atoms with Crippen LogP contribution in [-0.4, -0.2) is 23.5 Å². The quantitative estimate of drug-likeness (QED) is 0.238. The fourth-order valence-corrected chi connectivity index (χ4v) is 3.96. The molecule has 0 bridgehead atoms. The average Bonchev–Trinajstić information content (AvgIpc) is 2.76. The highest BCUT2D eigenvalue weighted by Gasteiger charge is 2.39. The number of hydrogen-bond donors (Lipinski definition) is 1. The van der Waals surface area contributed by atoms with E-state index < -0.39 is 11.6 Å². The molecule has 3 rings (SSSR count). The molecule has 3 aromatic rings. The topological polar surface area (TPSA) is 38.3 Å². The summed E-state index contributed by atoms with van der Waals surface area (Å²) in [6, 6.07) is 30.2. The molecule has 0 heterocycles. The highest BCUT2D eigenvalue weighted by Crippen LogP contribution is 2.37. The standard InChI is InChI=1S/C23H22INO2/c1-27-22(26)21(17-24)25-23(18-11-5-2-6-12-18,19-13-7-3-8-14-19)20-15-9-4-10-16-20/h2-16,21,25H,17H2,1H3/t21-/m1/s1. The third-order valence-corrected chi connectivity index (χ3v) is 5.53. The average molecular weight is 471 g/mol. The van der Waals surface area contributed by atoms with E-state index in [1.807, 2.05) is 54.6 Å². The van der Waals surface area contributed by atoms with Gasteiger partial charge in [-0.3, -0.25) is 10.1 Å². The van der Waals surface area contributed by atoms with E-state index in [0.29, 0.717) is 4.43 Å². The minimum Gasteiger partial charge on any atom is -0.468 e. The van der Waals surface area contributed by atoms with Gasteiger partial charge in [0.1, 0.15) is 6.04 Å². The largest absolute Gasteiger partial charge is 0.468 e. The van der Waals surface area contributed by atoms with Gasteiger partial charge in [-0.15, -0.1) is 0 Å². The molecule has 0 aliphatic carbocycles. The van der Waals surface area contributed by atoms with E-state index in [-0.39, 0.29) is 5.97 Å². The van der Waals surface area contributed by atoms with Crippen molar-refractivity contribution in [2.75, 3.05) is 11.5 Å². The lowest BCUT2D eigenvalue weighted by Crippen LogP contribution is -2.53. The Morgan fingerprint density at radius 3 is 1.52 bits per heavy atom. The van der Waals surface area contributed by atoms with Crippen molar-refractivity contribution in [3.8, 4) is 0 Å². The normalized spacial score (nSPS) is 12.4. The van der Waals surface area contributed by atoms with Crippen LogP contribution in [0.15, 0.2) is 91.0 Å². The van der Waals surface area contributed by atoms with Gasteiger partial charge < -0.3 is 4.74 Å². The number of nitrogens with one attached hydrogen (secondary N) is 1. The first kappa shape index (κ1) is 19.6. The van der Waals surface area contributed by atoms with Crippen LogP contribution in [0.3, 0.4) is 0 Å². The first-order valence-corrected chi connectivity index (χ1v) is 10.3. The smallest absolute Gasteiger partial charge is 0.323 e. The highest BCUT2D eigenvalue weighted by molar-refractivity contribution is 14.1. The van der Waals surface area contributed by atoms with Crippen LogP contribution in [0.25, 0.3) is 0 Å². The summed E-state index contributed by atoms with van der Waals surface area (Å²) in [4.78, 5) is 12.4. The van der Waals surface area contributed by atoms with Crippen molar-refractivity contribution in [3.63, 3.8) is 0 Å². The van der Waals surface area contributed by atoms with Crippen LogP contribution < -0.4 is 5.32 Å². The van der Waals surface area contributed by atoms with E-state index in [1.165, 1.54) is 7.11 Å². The van der Waals surface area contributed by atoms with Crippen molar-refractivity contribution in [2.24, 2.45) is 0 Å². The highest BCUT2D eigenvalue weighted by atomic mass is 127. The Labute approximate surface area is 173 Å². The molecule has 0 saturated carbocycles. The molecule has 0 aliphatic heterocycles. The molecule has 27 heavy (non-hydrogen) atoms. The van der Waals surface area contributed by atoms with Crippen LogP contribution >= 0.6 is 22.6 Å². The number of ether oxygens (including phenoxy) is 1. The van der Waals surface area contributed by atoms with Crippen molar-refractivity contribution in [2.45, 2.75) is 11.6 Å². The Morgan fingerprint density at radius 2 is 1.22 bits per heavy atom. The lowest BCUT2D eigenvalue weighted by molar-refractivity contribution is -0.142. The second-order valence-corrected chi connectivity index (χ2v) is 7.10. The number of esters is 1. The third kappa shape index (κ3) is 4.06. The number of alkyl halides is 1. The summed E-state index contributed by atoms with van der Waals surface area (Å²) in [6.07, 6.45) is 0. The predicted molar refractivity (Wildman–Crippen MR) is 117 cm³/mol. The van der Waals surface area contributed by atoms with Crippen molar-refractivity contribution in [1.29, 1.82) is 0 Å². The van der Waals surface area contributed by atoms with Gasteiger partial charge in [-0.2, -0.15) is 0 Å². The van der Waals surface area contributed by atoms with Crippen LogP contribution in [0.2, 0.25) is 0 Å². The fraction of sp³-hybridized carbons (Fsp3) is 0.174. The van der Waals surface area contributed by atoms with Crippen LogP contribution in [0.1, 0.15) is 16.7 Å². The molecule has 0 saturated heterocycles. The van der Waals surface area contributed by atoms with Gasteiger partial charge in [-0.25, -0.2) is 0 Å². The zero-order valence-corrected chi connectivity index (χ0v) is 17.3. The maximum absolute atomic E-state index is 12.4. The maximum atomic E-state index is 12.4. The van der Waals surface area contributed by atoms with Crippen molar-refractivity contribution in [3.05, 3.63) is 108 Å². The van der Waals surface area contributed by atoms with E-state index in [4.69, 9.17) is 4.74 Å². The zero-order chi connectivity index (χ0) is 19.1. The minimum atomic E-state index is -0.673. The summed E-state index contributed by atoms with van der Waals surface area (Å²) in [5.74, 6) is -0.267. The first-order chi connectivity index (χ1) is 13.2. The van der Waals surface area contributed by atoms with Gasteiger partial charge in [0.05, 0.1) is 12.6 Å². The molecule has 4 heteroatoms. The van der Waals surface area contributed by atoms with E-state index in [9.17, 15) is 4.79 Å². The maximum Gasteiger partial charge on any atom is 0.323 e. The van der Waals surface area contributed by atoms with Crippen molar-refractivity contribution >= 4 is 28.6 Å². The van der Waals surface area contributed by atoms with Crippen LogP contribution in [-0.2, 0) is 15.1 Å². The summed E-state index contributed by atoms with van der Waals surface area (Å²) in [5.41, 5.74) is 2.54. The van der Waals surface area contributed by atoms with Gasteiger partial charge in [0, 0.05) is 4.43 Å². The molecule has 0 radical (unpaired) electrons. The SMILES string of the molecule is COC(=O)[C@@H](CI)NC(c1ccccc1)(c1ccccc1)c1ccccc1. The molecule has 1 N–H and O–H groups in total. The third-order valence-electron chi connectivity index (χ3n) is 4.65. The van der Waals surface area contributed by atoms with Gasteiger partial charge >= 0.3 is 5.97 Å². The molecule has 0 amide bonds. The number of rotatable bonds is 7. The molecule has 138 valence electrons. The summed E-state index contributed by atoms with van der Waals surface area (Å²) in [6.45, 7) is 0. The Hall–Kier alpha value is -2.18. The lowest BCUT2D eigenvalue weighted by Gasteiger charge is -2.39. The second-order valence-electron chi connectivity index (χ2n) is 6.22. The Morgan fingerprint density at radius 1 is 0.852 bits per heavy atom. The number of carbonyl (C=O) groups is 1. The predicted octanol–water partition coefficient (Wildman–Crippen LogP) is 4.54. The Kier molecular flexibility index (Phi) is 6.63. The molecular formula is C23H22INO2. The van der Waals surface area contributed by atoms with Crippen LogP contribution in [0.4, 0.5) is 0 Å². The van der Waals surface area contributed by atoms with Gasteiger partial charge in [-0.1, -0.05) is 114 Å². The number of carbonyl (C=O) groups excluding carboxylic acids is 1. The number of halogens is 1. The summed E-state index contributed by atoms with van der Waals surface area (Å²) < 4.78 is 5.65. The first-order valence-electron chi connectivity index (χ1n) is 8.80. The number of benzene rings is 3. The Balaban J connectivity index is 2.27. The molecule has 3 aromatic carbocycles. The molecule has 0 aliphatic rings. The molecule has 0 aromatic heterocycles. The van der Waals surface area contributed by atoms with Gasteiger partial charge in [0.2, 0.25) is 0 Å². The number of hydrogen-bond acceptors (Lipinski definition) is 3. The molecule has 1 atom stereocenters. The van der Waals surface area contributed by atoms with Crippen LogP contribution in [0.5, 0.6) is 0 Å². The molecule has 0 fully saturated rings. The van der Waals surface area contributed by atoms with E-state index in [1.54, 1.807) is 0 Å². The summed E-state index contributed by atoms with van der Waals surface area (Å²) in [7, 11) is 1.43. The van der Waals surface area contributed by atoms with E-state index >= 15 is 0 Å².